The molecule has 1 amide bonds. The summed E-state index contributed by atoms with van der Waals surface area (Å²) in [7, 11) is 0. The van der Waals surface area contributed by atoms with Gasteiger partial charge < -0.3 is 14.9 Å². The molecule has 0 aliphatic carbocycles. The summed E-state index contributed by atoms with van der Waals surface area (Å²) in [6.45, 7) is 4.65. The summed E-state index contributed by atoms with van der Waals surface area (Å²) in [5.74, 6) is -0.0724. The van der Waals surface area contributed by atoms with Gasteiger partial charge in [0.2, 0.25) is 0 Å². The van der Waals surface area contributed by atoms with E-state index >= 15 is 0 Å². The van der Waals surface area contributed by atoms with Gasteiger partial charge in [-0.05, 0) is 44.7 Å². The summed E-state index contributed by atoms with van der Waals surface area (Å²) in [4.78, 5) is 27.4. The number of nitro benzene ring substituents is 1. The Balaban J connectivity index is 1.89. The molecule has 2 aliphatic rings. The van der Waals surface area contributed by atoms with Crippen molar-refractivity contribution in [3.8, 4) is 0 Å². The first-order valence-corrected chi connectivity index (χ1v) is 8.98. The van der Waals surface area contributed by atoms with Gasteiger partial charge in [-0.1, -0.05) is 0 Å². The maximum atomic E-state index is 12.7. The minimum absolute atomic E-state index is 0.135. The number of aliphatic hydroxyl groups is 1. The number of aliphatic hydroxyl groups excluding tert-OH is 1. The maximum Gasteiger partial charge on any atom is 0.282 e. The van der Waals surface area contributed by atoms with Crippen LogP contribution < -0.4 is 4.90 Å². The number of anilines is 1. The molecule has 7 heteroatoms. The van der Waals surface area contributed by atoms with E-state index in [4.69, 9.17) is 0 Å². The first-order valence-electron chi connectivity index (χ1n) is 8.98. The van der Waals surface area contributed by atoms with E-state index in [9.17, 15) is 20.0 Å². The van der Waals surface area contributed by atoms with Crippen LogP contribution in [0.3, 0.4) is 0 Å². The Labute approximate surface area is 147 Å². The molecular formula is C18H25N3O4. The van der Waals surface area contributed by atoms with E-state index in [-0.39, 0.29) is 29.2 Å². The zero-order chi connectivity index (χ0) is 18.0. The second-order valence-corrected chi connectivity index (χ2v) is 7.05. The lowest BCUT2D eigenvalue weighted by Gasteiger charge is -2.35. The summed E-state index contributed by atoms with van der Waals surface area (Å²) in [6.07, 6.45) is 3.44. The van der Waals surface area contributed by atoms with E-state index in [0.717, 1.165) is 37.9 Å². The quantitative estimate of drug-likeness (QED) is 0.668. The molecule has 2 atom stereocenters. The first-order chi connectivity index (χ1) is 12.0. The number of hydrogen-bond donors (Lipinski definition) is 1. The normalized spacial score (nSPS) is 22.1. The van der Waals surface area contributed by atoms with E-state index in [0.29, 0.717) is 19.6 Å². The Kier molecular flexibility index (Phi) is 5.22. The van der Waals surface area contributed by atoms with Gasteiger partial charge in [0.25, 0.3) is 11.6 Å². The number of likely N-dealkylation sites (tertiary alicyclic amines) is 1. The van der Waals surface area contributed by atoms with Crippen molar-refractivity contribution in [1.29, 1.82) is 0 Å². The first kappa shape index (κ1) is 17.7. The number of hydrogen-bond acceptors (Lipinski definition) is 5. The van der Waals surface area contributed by atoms with Gasteiger partial charge in [0.1, 0.15) is 5.56 Å². The van der Waals surface area contributed by atoms with Crippen LogP contribution in [-0.4, -0.2) is 53.1 Å². The lowest BCUT2D eigenvalue weighted by Crippen LogP contribution is -2.39. The van der Waals surface area contributed by atoms with Crippen molar-refractivity contribution < 1.29 is 14.8 Å². The summed E-state index contributed by atoms with van der Waals surface area (Å²) in [5.41, 5.74) is 0.854. The zero-order valence-corrected chi connectivity index (χ0v) is 14.6. The molecule has 1 N–H and O–H groups in total. The monoisotopic (exact) mass is 347 g/mol. The fraction of sp³-hybridized carbons (Fsp3) is 0.611. The molecule has 0 radical (unpaired) electrons. The van der Waals surface area contributed by atoms with Crippen molar-refractivity contribution in [3.63, 3.8) is 0 Å². The van der Waals surface area contributed by atoms with E-state index in [1.165, 1.54) is 6.07 Å². The van der Waals surface area contributed by atoms with Crippen LogP contribution >= 0.6 is 0 Å². The number of rotatable bonds is 4. The molecule has 0 aromatic heterocycles. The number of benzene rings is 1. The number of carbonyl (C=O) groups is 1. The van der Waals surface area contributed by atoms with Gasteiger partial charge in [-0.2, -0.15) is 0 Å². The number of amides is 1. The van der Waals surface area contributed by atoms with Crippen molar-refractivity contribution in [1.82, 2.24) is 4.90 Å². The maximum absolute atomic E-state index is 12.7. The Morgan fingerprint density at radius 3 is 2.64 bits per heavy atom. The minimum atomic E-state index is -0.484. The van der Waals surface area contributed by atoms with Crippen molar-refractivity contribution in [2.75, 3.05) is 31.1 Å². The van der Waals surface area contributed by atoms with Gasteiger partial charge >= 0.3 is 0 Å². The smallest absolute Gasteiger partial charge is 0.282 e. The predicted octanol–water partition coefficient (Wildman–Crippen LogP) is 2.43. The number of nitro groups is 1. The Bertz CT molecular complexity index is 656. The standard InChI is InChI=1S/C18H25N3O4/c1-13(22)14-5-4-10-20(12-14)15-6-7-17(21(24)25)16(11-15)18(23)19-8-2-3-9-19/h6-7,11,13-14,22H,2-5,8-10,12H2,1H3. The number of nitrogens with zero attached hydrogens (tertiary/aromatic N) is 3. The molecule has 0 bridgehead atoms. The van der Waals surface area contributed by atoms with E-state index in [1.807, 2.05) is 0 Å². The molecule has 2 fully saturated rings. The van der Waals surface area contributed by atoms with Crippen molar-refractivity contribution in [2.24, 2.45) is 5.92 Å². The van der Waals surface area contributed by atoms with Gasteiger partial charge in [0, 0.05) is 43.9 Å². The molecule has 2 unspecified atom stereocenters. The lowest BCUT2D eigenvalue weighted by molar-refractivity contribution is -0.385. The van der Waals surface area contributed by atoms with Gasteiger partial charge in [0.05, 0.1) is 11.0 Å². The van der Waals surface area contributed by atoms with Crippen LogP contribution in [0.5, 0.6) is 0 Å². The lowest BCUT2D eigenvalue weighted by atomic mass is 9.93. The number of piperidine rings is 1. The molecular weight excluding hydrogens is 322 g/mol. The van der Waals surface area contributed by atoms with Crippen LogP contribution in [0.25, 0.3) is 0 Å². The molecule has 7 nitrogen and oxygen atoms in total. The Morgan fingerprint density at radius 1 is 1.28 bits per heavy atom. The second-order valence-electron chi connectivity index (χ2n) is 7.05. The molecule has 2 heterocycles. The average molecular weight is 347 g/mol. The topological polar surface area (TPSA) is 86.9 Å². The molecule has 1 aromatic carbocycles. The van der Waals surface area contributed by atoms with Gasteiger partial charge in [-0.15, -0.1) is 0 Å². The summed E-state index contributed by atoms with van der Waals surface area (Å²) < 4.78 is 0. The average Bonchev–Trinajstić information content (AvgIpc) is 3.15. The number of carbonyl (C=O) groups excluding carboxylic acids is 1. The van der Waals surface area contributed by atoms with Crippen LogP contribution in [0.2, 0.25) is 0 Å². The van der Waals surface area contributed by atoms with Gasteiger partial charge in [-0.25, -0.2) is 0 Å². The van der Waals surface area contributed by atoms with Crippen molar-refractivity contribution >= 4 is 17.3 Å². The highest BCUT2D eigenvalue weighted by atomic mass is 16.6. The van der Waals surface area contributed by atoms with E-state index in [2.05, 4.69) is 4.90 Å². The van der Waals surface area contributed by atoms with E-state index in [1.54, 1.807) is 24.0 Å². The summed E-state index contributed by atoms with van der Waals surface area (Å²) >= 11 is 0. The van der Waals surface area contributed by atoms with Crippen LogP contribution in [-0.2, 0) is 0 Å². The highest BCUT2D eigenvalue weighted by molar-refractivity contribution is 5.99. The summed E-state index contributed by atoms with van der Waals surface area (Å²) in [5, 5.41) is 21.2. The highest BCUT2D eigenvalue weighted by Crippen LogP contribution is 2.30. The zero-order valence-electron chi connectivity index (χ0n) is 14.6. The minimum Gasteiger partial charge on any atom is -0.393 e. The van der Waals surface area contributed by atoms with Crippen LogP contribution in [0.15, 0.2) is 18.2 Å². The molecule has 2 aliphatic heterocycles. The van der Waals surface area contributed by atoms with Crippen molar-refractivity contribution in [2.45, 2.75) is 38.7 Å². The fourth-order valence-electron chi connectivity index (χ4n) is 3.78. The summed E-state index contributed by atoms with van der Waals surface area (Å²) in [6, 6.07) is 4.80. The molecule has 3 rings (SSSR count). The molecule has 1 aromatic rings. The predicted molar refractivity (Wildman–Crippen MR) is 94.9 cm³/mol. The third kappa shape index (κ3) is 3.76. The van der Waals surface area contributed by atoms with Crippen LogP contribution in [0.1, 0.15) is 43.0 Å². The second kappa shape index (κ2) is 7.39. The molecule has 25 heavy (non-hydrogen) atoms. The van der Waals surface area contributed by atoms with Crippen molar-refractivity contribution in [3.05, 3.63) is 33.9 Å². The van der Waals surface area contributed by atoms with Gasteiger partial charge in [-0.3, -0.25) is 14.9 Å². The Hall–Kier alpha value is -2.15. The van der Waals surface area contributed by atoms with Crippen LogP contribution in [0, 0.1) is 16.0 Å². The Morgan fingerprint density at radius 2 is 2.00 bits per heavy atom. The van der Waals surface area contributed by atoms with Crippen LogP contribution in [0.4, 0.5) is 11.4 Å². The molecule has 0 saturated carbocycles. The third-order valence-corrected chi connectivity index (χ3v) is 5.31. The highest BCUT2D eigenvalue weighted by Gasteiger charge is 2.29. The van der Waals surface area contributed by atoms with E-state index < -0.39 is 4.92 Å². The molecule has 0 spiro atoms. The molecule has 136 valence electrons. The van der Waals surface area contributed by atoms with Gasteiger partial charge in [0.15, 0.2) is 0 Å². The fourth-order valence-corrected chi connectivity index (χ4v) is 3.78. The molecule has 2 saturated heterocycles. The third-order valence-electron chi connectivity index (χ3n) is 5.31. The SMILES string of the molecule is CC(O)C1CCCN(c2ccc([N+](=O)[O-])c(C(=O)N3CCCC3)c2)C1. The largest absolute Gasteiger partial charge is 0.393 e.